The topological polar surface area (TPSA) is 12.0 Å². The van der Waals surface area contributed by atoms with Crippen LogP contribution in [0.1, 0.15) is 35.7 Å². The summed E-state index contributed by atoms with van der Waals surface area (Å²) in [6, 6.07) is 20.0. The second-order valence-electron chi connectivity index (χ2n) is 6.16. The van der Waals surface area contributed by atoms with Crippen LogP contribution in [0.3, 0.4) is 0 Å². The summed E-state index contributed by atoms with van der Waals surface area (Å²) in [5.41, 5.74) is 5.26. The van der Waals surface area contributed by atoms with Gasteiger partial charge in [-0.15, -0.1) is 0 Å². The van der Waals surface area contributed by atoms with Crippen molar-refractivity contribution in [2.75, 3.05) is 0 Å². The fourth-order valence-corrected chi connectivity index (χ4v) is 3.53. The first-order chi connectivity index (χ1) is 11.6. The van der Waals surface area contributed by atoms with Gasteiger partial charge in [0.2, 0.25) is 0 Å². The molecule has 4 rings (SSSR count). The minimum atomic E-state index is -0.556. The van der Waals surface area contributed by atoms with Crippen LogP contribution in [-0.2, 0) is 0 Å². The van der Waals surface area contributed by atoms with Crippen molar-refractivity contribution in [3.63, 3.8) is 0 Å². The Labute approximate surface area is 140 Å². The van der Waals surface area contributed by atoms with Gasteiger partial charge in [-0.05, 0) is 35.2 Å². The molecule has 1 aliphatic carbocycles. The molecule has 0 amide bonds. The van der Waals surface area contributed by atoms with E-state index in [2.05, 4.69) is 29.6 Å². The monoisotopic (exact) mass is 321 g/mol. The predicted molar refractivity (Wildman–Crippen MR) is 91.6 cm³/mol. The third-order valence-electron chi connectivity index (χ3n) is 4.68. The van der Waals surface area contributed by atoms with E-state index in [4.69, 9.17) is 0 Å². The molecule has 3 heteroatoms. The first kappa shape index (κ1) is 15.0. The van der Waals surface area contributed by atoms with Crippen LogP contribution in [0.2, 0.25) is 0 Å². The highest BCUT2D eigenvalue weighted by Gasteiger charge is 2.29. The Morgan fingerprint density at radius 2 is 1.42 bits per heavy atom. The number of rotatable bonds is 3. The van der Waals surface area contributed by atoms with E-state index in [9.17, 15) is 8.78 Å². The van der Waals surface area contributed by atoms with E-state index < -0.39 is 11.6 Å². The van der Waals surface area contributed by atoms with E-state index >= 15 is 0 Å². The van der Waals surface area contributed by atoms with Crippen molar-refractivity contribution < 1.29 is 8.78 Å². The van der Waals surface area contributed by atoms with E-state index in [1.165, 1.54) is 34.4 Å². The molecule has 0 spiro atoms. The van der Waals surface area contributed by atoms with Crippen LogP contribution in [0.15, 0.2) is 66.7 Å². The lowest BCUT2D eigenvalue weighted by molar-refractivity contribution is 0.490. The molecule has 0 bridgehead atoms. The number of hydrogen-bond acceptors (Lipinski definition) is 1. The van der Waals surface area contributed by atoms with Crippen molar-refractivity contribution in [1.29, 1.82) is 0 Å². The maximum Gasteiger partial charge on any atom is 0.130 e. The summed E-state index contributed by atoms with van der Waals surface area (Å²) >= 11 is 0. The third kappa shape index (κ3) is 2.42. The van der Waals surface area contributed by atoms with Crippen LogP contribution in [0.25, 0.3) is 11.1 Å². The molecule has 0 saturated carbocycles. The van der Waals surface area contributed by atoms with Gasteiger partial charge < -0.3 is 0 Å². The van der Waals surface area contributed by atoms with E-state index in [-0.39, 0.29) is 12.1 Å². The quantitative estimate of drug-likeness (QED) is 0.682. The van der Waals surface area contributed by atoms with Crippen LogP contribution in [0.5, 0.6) is 0 Å². The molecule has 3 aromatic carbocycles. The molecule has 1 atom stereocenters. The Balaban J connectivity index is 1.72. The fraction of sp³-hybridized carbons (Fsp3) is 0.143. The van der Waals surface area contributed by atoms with Gasteiger partial charge in [-0.2, -0.15) is 0 Å². The Morgan fingerprint density at radius 1 is 0.833 bits per heavy atom. The van der Waals surface area contributed by atoms with E-state index in [0.29, 0.717) is 5.56 Å². The molecule has 0 unspecified atom stereocenters. The summed E-state index contributed by atoms with van der Waals surface area (Å²) in [6.45, 7) is 1.90. The van der Waals surface area contributed by atoms with Crippen LogP contribution >= 0.6 is 0 Å². The van der Waals surface area contributed by atoms with Crippen molar-refractivity contribution in [2.45, 2.75) is 19.0 Å². The minimum absolute atomic E-state index is 0.00291. The molecule has 0 aliphatic heterocycles. The van der Waals surface area contributed by atoms with Crippen molar-refractivity contribution in [3.8, 4) is 11.1 Å². The normalized spacial score (nSPS) is 14.3. The third-order valence-corrected chi connectivity index (χ3v) is 4.68. The van der Waals surface area contributed by atoms with Crippen molar-refractivity contribution in [2.24, 2.45) is 0 Å². The number of fused-ring (bicyclic) bond motifs is 3. The number of nitrogens with one attached hydrogen (secondary N) is 1. The summed E-state index contributed by atoms with van der Waals surface area (Å²) in [6.07, 6.45) is 0. The maximum absolute atomic E-state index is 14.1. The van der Waals surface area contributed by atoms with Crippen LogP contribution < -0.4 is 5.32 Å². The molecule has 3 aromatic rings. The maximum atomic E-state index is 14.1. The highest BCUT2D eigenvalue weighted by molar-refractivity contribution is 5.78. The predicted octanol–water partition coefficient (Wildman–Crippen LogP) is 5.39. The lowest BCUT2D eigenvalue weighted by Crippen LogP contribution is -2.24. The Hall–Kier alpha value is -2.52. The fourth-order valence-electron chi connectivity index (χ4n) is 3.53. The summed E-state index contributed by atoms with van der Waals surface area (Å²) < 4.78 is 27.2. The average Bonchev–Trinajstić information content (AvgIpc) is 2.89. The molecule has 0 aromatic heterocycles. The van der Waals surface area contributed by atoms with Crippen LogP contribution in [0, 0.1) is 11.6 Å². The van der Waals surface area contributed by atoms with Gasteiger partial charge in [0.1, 0.15) is 11.6 Å². The van der Waals surface area contributed by atoms with Gasteiger partial charge in [0, 0.05) is 17.7 Å². The van der Waals surface area contributed by atoms with Crippen molar-refractivity contribution in [1.82, 2.24) is 5.32 Å². The van der Waals surface area contributed by atoms with Crippen molar-refractivity contribution in [3.05, 3.63) is 95.1 Å². The highest BCUT2D eigenvalue weighted by atomic mass is 19.1. The average molecular weight is 321 g/mol. The van der Waals surface area contributed by atoms with E-state index in [1.54, 1.807) is 0 Å². The van der Waals surface area contributed by atoms with Crippen molar-refractivity contribution >= 4 is 0 Å². The highest BCUT2D eigenvalue weighted by Crippen LogP contribution is 2.44. The molecule has 0 radical (unpaired) electrons. The molecule has 0 saturated heterocycles. The smallest absolute Gasteiger partial charge is 0.130 e. The molecule has 1 nitrogen and oxygen atoms in total. The Kier molecular flexibility index (Phi) is 3.66. The summed E-state index contributed by atoms with van der Waals surface area (Å²) in [5.74, 6) is -1.07. The molecule has 24 heavy (non-hydrogen) atoms. The Bertz CT molecular complexity index is 858. The lowest BCUT2D eigenvalue weighted by Gasteiger charge is -2.22. The zero-order valence-corrected chi connectivity index (χ0v) is 13.3. The van der Waals surface area contributed by atoms with E-state index in [0.717, 1.165) is 6.07 Å². The second kappa shape index (κ2) is 5.84. The zero-order chi connectivity index (χ0) is 16.7. The van der Waals surface area contributed by atoms with Gasteiger partial charge in [-0.25, -0.2) is 8.78 Å². The standard InChI is InChI=1S/C21H17F2N/c1-13(15-11-10-14(22)12-20(15)23)24-21-18-8-4-2-6-16(18)17-7-3-5-9-19(17)21/h2-13,21,24H,1H3/t13-/m0/s1. The molecule has 0 fully saturated rings. The molecule has 1 N–H and O–H groups in total. The van der Waals surface area contributed by atoms with E-state index in [1.807, 2.05) is 31.2 Å². The lowest BCUT2D eigenvalue weighted by atomic mass is 10.0. The SMILES string of the molecule is C[C@H](NC1c2ccccc2-c2ccccc21)c1ccc(F)cc1F. The molecular formula is C21H17F2N. The van der Waals surface area contributed by atoms with Gasteiger partial charge in [-0.1, -0.05) is 54.6 Å². The largest absolute Gasteiger partial charge is 0.299 e. The minimum Gasteiger partial charge on any atom is -0.299 e. The number of benzene rings is 3. The van der Waals surface area contributed by atoms with Crippen LogP contribution in [0.4, 0.5) is 8.78 Å². The first-order valence-electron chi connectivity index (χ1n) is 8.04. The van der Waals surface area contributed by atoms with Gasteiger partial charge in [0.25, 0.3) is 0 Å². The number of halogens is 2. The molecule has 0 heterocycles. The Morgan fingerprint density at radius 3 is 2.00 bits per heavy atom. The summed E-state index contributed by atoms with van der Waals surface area (Å²) in [7, 11) is 0. The van der Waals surface area contributed by atoms with Gasteiger partial charge >= 0.3 is 0 Å². The van der Waals surface area contributed by atoms with Gasteiger partial charge in [-0.3, -0.25) is 5.32 Å². The molecule has 1 aliphatic rings. The van der Waals surface area contributed by atoms with Gasteiger partial charge in [0.05, 0.1) is 6.04 Å². The van der Waals surface area contributed by atoms with Crippen LogP contribution in [-0.4, -0.2) is 0 Å². The molecule has 120 valence electrons. The molecular weight excluding hydrogens is 304 g/mol. The first-order valence-corrected chi connectivity index (χ1v) is 8.04. The summed E-state index contributed by atoms with van der Waals surface area (Å²) in [4.78, 5) is 0. The summed E-state index contributed by atoms with van der Waals surface area (Å²) in [5, 5.41) is 3.51. The second-order valence-corrected chi connectivity index (χ2v) is 6.16. The van der Waals surface area contributed by atoms with Gasteiger partial charge in [0.15, 0.2) is 0 Å². The number of hydrogen-bond donors (Lipinski definition) is 1. The zero-order valence-electron chi connectivity index (χ0n) is 13.3.